The van der Waals surface area contributed by atoms with Crippen molar-refractivity contribution in [2.24, 2.45) is 0 Å². The second-order valence-electron chi connectivity index (χ2n) is 3.97. The normalized spacial score (nSPS) is 10.5. The number of carboxylic acid groups (broad SMARTS) is 1. The van der Waals surface area contributed by atoms with Crippen LogP contribution in [0.1, 0.15) is 21.9 Å². The number of anilines is 1. The van der Waals surface area contributed by atoms with Crippen molar-refractivity contribution >= 4 is 23.3 Å². The molecule has 0 spiro atoms. The number of carbonyl (C=O) groups is 1. The molecule has 1 aromatic carbocycles. The predicted octanol–water partition coefficient (Wildman–Crippen LogP) is 3.69. The lowest BCUT2D eigenvalue weighted by molar-refractivity contribution is 0.0695. The van der Waals surface area contributed by atoms with Gasteiger partial charge in [0.25, 0.3) is 0 Å². The first-order valence-corrected chi connectivity index (χ1v) is 5.86. The number of hydrogen-bond acceptors (Lipinski definition) is 3. The molecule has 19 heavy (non-hydrogen) atoms. The molecule has 0 amide bonds. The summed E-state index contributed by atoms with van der Waals surface area (Å²) >= 11 is 5.76. The third-order valence-electron chi connectivity index (χ3n) is 2.58. The Morgan fingerprint density at radius 2 is 2.21 bits per heavy atom. The molecule has 0 bridgehead atoms. The van der Waals surface area contributed by atoms with Gasteiger partial charge in [0.05, 0.1) is 12.2 Å². The average Bonchev–Trinajstić information content (AvgIpc) is 2.72. The van der Waals surface area contributed by atoms with Crippen molar-refractivity contribution in [1.82, 2.24) is 0 Å². The Morgan fingerprint density at radius 3 is 2.84 bits per heavy atom. The van der Waals surface area contributed by atoms with Crippen LogP contribution in [0.3, 0.4) is 0 Å². The Morgan fingerprint density at radius 1 is 1.47 bits per heavy atom. The van der Waals surface area contributed by atoms with Crippen molar-refractivity contribution < 1.29 is 18.7 Å². The Bertz CT molecular complexity index is 624. The molecule has 1 aromatic heterocycles. The summed E-state index contributed by atoms with van der Waals surface area (Å²) < 4.78 is 18.7. The number of nitrogens with one attached hydrogen (secondary N) is 1. The van der Waals surface area contributed by atoms with Crippen LogP contribution < -0.4 is 5.32 Å². The molecule has 0 atom stereocenters. The number of rotatable bonds is 4. The van der Waals surface area contributed by atoms with Crippen molar-refractivity contribution in [3.63, 3.8) is 0 Å². The van der Waals surface area contributed by atoms with E-state index in [0.717, 1.165) is 0 Å². The minimum absolute atomic E-state index is 0.100. The first-order chi connectivity index (χ1) is 8.97. The molecule has 2 N–H and O–H groups in total. The molecule has 2 rings (SSSR count). The molecule has 0 radical (unpaired) electrons. The summed E-state index contributed by atoms with van der Waals surface area (Å²) in [6, 6.07) is 5.56. The van der Waals surface area contributed by atoms with Crippen LogP contribution in [0.4, 0.5) is 10.1 Å². The second kappa shape index (κ2) is 5.32. The van der Waals surface area contributed by atoms with Crippen LogP contribution in [0.15, 0.2) is 28.7 Å². The van der Waals surface area contributed by atoms with Crippen LogP contribution in [-0.2, 0) is 6.54 Å². The summed E-state index contributed by atoms with van der Waals surface area (Å²) in [5.74, 6) is -0.766. The van der Waals surface area contributed by atoms with E-state index in [2.05, 4.69) is 5.32 Å². The topological polar surface area (TPSA) is 62.5 Å². The highest BCUT2D eigenvalue weighted by molar-refractivity contribution is 6.30. The van der Waals surface area contributed by atoms with Gasteiger partial charge in [-0.2, -0.15) is 0 Å². The number of carboxylic acids is 1. The molecule has 0 aliphatic heterocycles. The molecule has 0 aliphatic carbocycles. The molecular weight excluding hydrogens is 273 g/mol. The fourth-order valence-corrected chi connectivity index (χ4v) is 1.83. The van der Waals surface area contributed by atoms with E-state index in [1.54, 1.807) is 6.92 Å². The highest BCUT2D eigenvalue weighted by atomic mass is 35.5. The first kappa shape index (κ1) is 13.4. The summed E-state index contributed by atoms with van der Waals surface area (Å²) in [4.78, 5) is 10.9. The van der Waals surface area contributed by atoms with E-state index >= 15 is 0 Å². The van der Waals surface area contributed by atoms with Gasteiger partial charge in [0.15, 0.2) is 0 Å². The van der Waals surface area contributed by atoms with E-state index in [9.17, 15) is 9.18 Å². The Hall–Kier alpha value is -2.01. The van der Waals surface area contributed by atoms with Gasteiger partial charge < -0.3 is 14.8 Å². The molecular formula is C13H11ClFNO3. The molecule has 2 aromatic rings. The van der Waals surface area contributed by atoms with Crippen LogP contribution >= 0.6 is 11.6 Å². The van der Waals surface area contributed by atoms with Gasteiger partial charge in [-0.15, -0.1) is 0 Å². The quantitative estimate of drug-likeness (QED) is 0.898. The maximum atomic E-state index is 13.4. The molecule has 0 saturated heterocycles. The van der Waals surface area contributed by atoms with Crippen LogP contribution in [0.5, 0.6) is 0 Å². The van der Waals surface area contributed by atoms with E-state index in [1.165, 1.54) is 24.3 Å². The molecule has 0 unspecified atom stereocenters. The maximum Gasteiger partial charge on any atom is 0.339 e. The molecule has 1 heterocycles. The predicted molar refractivity (Wildman–Crippen MR) is 69.1 cm³/mol. The number of hydrogen-bond donors (Lipinski definition) is 2. The lowest BCUT2D eigenvalue weighted by Gasteiger charge is -2.05. The molecule has 4 nitrogen and oxygen atoms in total. The lowest BCUT2D eigenvalue weighted by atomic mass is 10.2. The minimum Gasteiger partial charge on any atom is -0.478 e. The Balaban J connectivity index is 2.12. The zero-order chi connectivity index (χ0) is 14.0. The molecule has 0 aliphatic rings. The number of aryl methyl sites for hydroxylation is 1. The third-order valence-corrected chi connectivity index (χ3v) is 2.82. The van der Waals surface area contributed by atoms with E-state index in [1.807, 2.05) is 0 Å². The fourth-order valence-electron chi connectivity index (χ4n) is 1.66. The minimum atomic E-state index is -1.05. The van der Waals surface area contributed by atoms with Gasteiger partial charge in [-0.25, -0.2) is 9.18 Å². The van der Waals surface area contributed by atoms with Crippen LogP contribution in [0.2, 0.25) is 5.02 Å². The van der Waals surface area contributed by atoms with Crippen LogP contribution in [-0.4, -0.2) is 11.1 Å². The van der Waals surface area contributed by atoms with Crippen molar-refractivity contribution in [3.05, 3.63) is 52.2 Å². The van der Waals surface area contributed by atoms with Crippen molar-refractivity contribution in [3.8, 4) is 0 Å². The Kier molecular flexibility index (Phi) is 3.76. The Labute approximate surface area is 113 Å². The molecule has 0 fully saturated rings. The summed E-state index contributed by atoms with van der Waals surface area (Å²) in [5, 5.41) is 12.1. The van der Waals surface area contributed by atoms with Crippen LogP contribution in [0, 0.1) is 12.7 Å². The molecule has 0 saturated carbocycles. The fraction of sp³-hybridized carbons (Fsp3) is 0.154. The highest BCUT2D eigenvalue weighted by Crippen LogP contribution is 2.21. The van der Waals surface area contributed by atoms with E-state index in [4.69, 9.17) is 21.1 Å². The van der Waals surface area contributed by atoms with Gasteiger partial charge in [-0.05, 0) is 31.2 Å². The average molecular weight is 284 g/mol. The summed E-state index contributed by atoms with van der Waals surface area (Å²) in [5.41, 5.74) is 0.335. The van der Waals surface area contributed by atoms with Gasteiger partial charge in [-0.3, -0.25) is 0 Å². The lowest BCUT2D eigenvalue weighted by Crippen LogP contribution is -2.00. The summed E-state index contributed by atoms with van der Waals surface area (Å²) in [6.45, 7) is 1.73. The van der Waals surface area contributed by atoms with E-state index in [0.29, 0.717) is 16.5 Å². The number of aromatic carboxylic acids is 1. The van der Waals surface area contributed by atoms with Gasteiger partial charge in [0, 0.05) is 5.02 Å². The van der Waals surface area contributed by atoms with E-state index in [-0.39, 0.29) is 17.8 Å². The number of furan rings is 1. The van der Waals surface area contributed by atoms with Crippen LogP contribution in [0.25, 0.3) is 0 Å². The van der Waals surface area contributed by atoms with E-state index < -0.39 is 11.8 Å². The van der Waals surface area contributed by atoms with Gasteiger partial charge >= 0.3 is 5.97 Å². The number of halogens is 2. The first-order valence-electron chi connectivity index (χ1n) is 5.49. The second-order valence-corrected chi connectivity index (χ2v) is 4.40. The van der Waals surface area contributed by atoms with Gasteiger partial charge in [-0.1, -0.05) is 11.6 Å². The summed E-state index contributed by atoms with van der Waals surface area (Å²) in [6.07, 6.45) is 0. The monoisotopic (exact) mass is 283 g/mol. The van der Waals surface area contributed by atoms with Gasteiger partial charge in [0.1, 0.15) is 22.9 Å². The summed E-state index contributed by atoms with van der Waals surface area (Å²) in [7, 11) is 0. The smallest absolute Gasteiger partial charge is 0.339 e. The third kappa shape index (κ3) is 3.06. The van der Waals surface area contributed by atoms with Crippen molar-refractivity contribution in [1.29, 1.82) is 0 Å². The zero-order valence-corrected chi connectivity index (χ0v) is 10.8. The molecule has 6 heteroatoms. The maximum absolute atomic E-state index is 13.4. The standard InChI is InChI=1S/C13H11ClFNO3/c1-7-10(13(17)18)5-9(19-7)6-16-12-4-8(14)2-3-11(12)15/h2-5,16H,6H2,1H3,(H,17,18). The van der Waals surface area contributed by atoms with Crippen molar-refractivity contribution in [2.45, 2.75) is 13.5 Å². The SMILES string of the molecule is Cc1oc(CNc2cc(Cl)ccc2F)cc1C(=O)O. The molecule has 100 valence electrons. The van der Waals surface area contributed by atoms with Gasteiger partial charge in [0.2, 0.25) is 0 Å². The number of benzene rings is 1. The van der Waals surface area contributed by atoms with Crippen molar-refractivity contribution in [2.75, 3.05) is 5.32 Å². The largest absolute Gasteiger partial charge is 0.478 e. The highest BCUT2D eigenvalue weighted by Gasteiger charge is 2.13. The zero-order valence-electron chi connectivity index (χ0n) is 10.0.